The Morgan fingerprint density at radius 2 is 2.27 bits per heavy atom. The predicted octanol–water partition coefficient (Wildman–Crippen LogP) is 1.74. The van der Waals surface area contributed by atoms with E-state index in [0.717, 1.165) is 0 Å². The first-order valence-corrected chi connectivity index (χ1v) is 3.91. The molecule has 0 heterocycles. The van der Waals surface area contributed by atoms with Gasteiger partial charge in [0.1, 0.15) is 0 Å². The molecule has 0 fully saturated rings. The van der Waals surface area contributed by atoms with Crippen LogP contribution >= 0.6 is 11.6 Å². The lowest BCUT2D eigenvalue weighted by Crippen LogP contribution is -2.02. The fourth-order valence-electron chi connectivity index (χ4n) is 0.630. The second kappa shape index (κ2) is 6.25. The van der Waals surface area contributed by atoms with E-state index in [4.69, 9.17) is 17.3 Å². The molecule has 0 amide bonds. The summed E-state index contributed by atoms with van der Waals surface area (Å²) in [6, 6.07) is 0. The summed E-state index contributed by atoms with van der Waals surface area (Å²) in [5.74, 6) is 0. The number of hydrogen-bond acceptors (Lipinski definition) is 2. The molecule has 2 nitrogen and oxygen atoms in total. The lowest BCUT2D eigenvalue weighted by Gasteiger charge is -2.02. The summed E-state index contributed by atoms with van der Waals surface area (Å²) in [6.45, 7) is 1.78. The van der Waals surface area contributed by atoms with E-state index in [-0.39, 0.29) is 6.10 Å². The van der Waals surface area contributed by atoms with Crippen LogP contribution in [0, 0.1) is 0 Å². The molecule has 0 bridgehead atoms. The molecule has 0 saturated heterocycles. The molecule has 3 N–H and O–H groups in total. The highest BCUT2D eigenvalue weighted by Gasteiger charge is 1.97. The minimum Gasteiger partial charge on any atom is -0.405 e. The van der Waals surface area contributed by atoms with E-state index in [0.29, 0.717) is 17.9 Å². The van der Waals surface area contributed by atoms with Crippen LogP contribution in [0.25, 0.3) is 0 Å². The molecule has 0 saturated carbocycles. The topological polar surface area (TPSA) is 46.2 Å². The van der Waals surface area contributed by atoms with E-state index in [1.807, 2.05) is 0 Å². The molecule has 0 rings (SSSR count). The van der Waals surface area contributed by atoms with Gasteiger partial charge in [0.15, 0.2) is 0 Å². The van der Waals surface area contributed by atoms with Crippen LogP contribution in [-0.2, 0) is 0 Å². The van der Waals surface area contributed by atoms with Gasteiger partial charge in [-0.15, -0.1) is 0 Å². The monoisotopic (exact) mass is 175 g/mol. The third-order valence-corrected chi connectivity index (χ3v) is 1.37. The van der Waals surface area contributed by atoms with Gasteiger partial charge in [-0.3, -0.25) is 0 Å². The van der Waals surface area contributed by atoms with Crippen molar-refractivity contribution in [2.45, 2.75) is 25.9 Å². The highest BCUT2D eigenvalue weighted by atomic mass is 35.5. The maximum absolute atomic E-state index is 9.22. The van der Waals surface area contributed by atoms with Crippen LogP contribution < -0.4 is 5.73 Å². The van der Waals surface area contributed by atoms with Crippen LogP contribution in [-0.4, -0.2) is 11.2 Å². The highest BCUT2D eigenvalue weighted by molar-refractivity contribution is 6.29. The number of aliphatic hydroxyl groups excluding tert-OH is 1. The van der Waals surface area contributed by atoms with Gasteiger partial charge >= 0.3 is 0 Å². The van der Waals surface area contributed by atoms with Crippen molar-refractivity contribution >= 4 is 11.6 Å². The lowest BCUT2D eigenvalue weighted by atomic mass is 10.2. The first-order valence-electron chi connectivity index (χ1n) is 3.54. The largest absolute Gasteiger partial charge is 0.405 e. The Bertz CT molecular complexity index is 150. The van der Waals surface area contributed by atoms with Crippen molar-refractivity contribution in [1.29, 1.82) is 0 Å². The Kier molecular flexibility index (Phi) is 5.99. The second-order valence-corrected chi connectivity index (χ2v) is 2.94. The third kappa shape index (κ3) is 7.43. The van der Waals surface area contributed by atoms with Gasteiger partial charge in [0.25, 0.3) is 0 Å². The molecular weight excluding hydrogens is 162 g/mol. The summed E-state index contributed by atoms with van der Waals surface area (Å²) in [4.78, 5) is 0. The summed E-state index contributed by atoms with van der Waals surface area (Å²) in [6.07, 6.45) is 5.74. The van der Waals surface area contributed by atoms with Crippen LogP contribution in [0.3, 0.4) is 0 Å². The van der Waals surface area contributed by atoms with Gasteiger partial charge in [-0.25, -0.2) is 0 Å². The van der Waals surface area contributed by atoms with Crippen LogP contribution in [0.4, 0.5) is 0 Å². The van der Waals surface area contributed by atoms with Crippen LogP contribution in [0.5, 0.6) is 0 Å². The van der Waals surface area contributed by atoms with Gasteiger partial charge in [-0.05, 0) is 26.0 Å². The van der Waals surface area contributed by atoms with E-state index in [1.165, 1.54) is 6.20 Å². The molecule has 0 aromatic heterocycles. The molecule has 0 radical (unpaired) electrons. The number of hydrogen-bond donors (Lipinski definition) is 2. The molecule has 0 aliphatic carbocycles. The van der Waals surface area contributed by atoms with Crippen molar-refractivity contribution in [1.82, 2.24) is 0 Å². The quantitative estimate of drug-likeness (QED) is 0.684. The fraction of sp³-hybridized carbons (Fsp3) is 0.500. The van der Waals surface area contributed by atoms with E-state index in [9.17, 15) is 5.11 Å². The maximum atomic E-state index is 9.22. The molecule has 1 atom stereocenters. The molecule has 0 aliphatic rings. The van der Waals surface area contributed by atoms with Crippen molar-refractivity contribution in [3.05, 3.63) is 23.4 Å². The number of rotatable bonds is 4. The first-order chi connectivity index (χ1) is 5.16. The average Bonchev–Trinajstić information content (AvgIpc) is 1.97. The summed E-state index contributed by atoms with van der Waals surface area (Å²) in [5, 5.41) is 9.93. The number of halogens is 1. The average molecular weight is 176 g/mol. The van der Waals surface area contributed by atoms with E-state index in [1.54, 1.807) is 19.1 Å². The maximum Gasteiger partial charge on any atom is 0.0610 e. The van der Waals surface area contributed by atoms with Crippen molar-refractivity contribution in [3.63, 3.8) is 0 Å². The molecule has 64 valence electrons. The van der Waals surface area contributed by atoms with E-state index >= 15 is 0 Å². The zero-order valence-corrected chi connectivity index (χ0v) is 7.38. The van der Waals surface area contributed by atoms with Crippen LogP contribution in [0.2, 0.25) is 0 Å². The van der Waals surface area contributed by atoms with Gasteiger partial charge in [-0.2, -0.15) is 0 Å². The Hall–Kier alpha value is -0.470. The minimum absolute atomic E-state index is 0.372. The predicted molar refractivity (Wildman–Crippen MR) is 48.2 cm³/mol. The van der Waals surface area contributed by atoms with Gasteiger partial charge in [0.05, 0.1) is 6.10 Å². The Morgan fingerprint density at radius 1 is 1.64 bits per heavy atom. The molecule has 3 heteroatoms. The lowest BCUT2D eigenvalue weighted by molar-refractivity contribution is 0.181. The molecule has 0 spiro atoms. The third-order valence-electron chi connectivity index (χ3n) is 1.22. The van der Waals surface area contributed by atoms with Crippen LogP contribution in [0.15, 0.2) is 23.4 Å². The zero-order chi connectivity index (χ0) is 8.69. The van der Waals surface area contributed by atoms with E-state index < -0.39 is 0 Å². The first kappa shape index (κ1) is 10.5. The SMILES string of the molecule is C/C(Cl)=C\C[C@H](O)C/C=C\N. The van der Waals surface area contributed by atoms with Gasteiger partial charge < -0.3 is 10.8 Å². The van der Waals surface area contributed by atoms with E-state index in [2.05, 4.69) is 0 Å². The summed E-state index contributed by atoms with van der Waals surface area (Å²) < 4.78 is 0. The standard InChI is InChI=1S/C8H14ClNO/c1-7(9)4-5-8(11)3-2-6-10/h2,4,6,8,11H,3,5,10H2,1H3/b6-2-,7-4+/t8-/m1/s1. The van der Waals surface area contributed by atoms with Gasteiger partial charge in [-0.1, -0.05) is 23.8 Å². The number of allylic oxidation sites excluding steroid dienone is 1. The Morgan fingerprint density at radius 3 is 2.73 bits per heavy atom. The Labute approximate surface area is 72.4 Å². The number of nitrogens with two attached hydrogens (primary N) is 1. The molecule has 0 aromatic carbocycles. The molecule has 0 aromatic rings. The molecular formula is C8H14ClNO. The summed E-state index contributed by atoms with van der Waals surface area (Å²) >= 11 is 5.56. The summed E-state index contributed by atoms with van der Waals surface area (Å²) in [7, 11) is 0. The molecule has 11 heavy (non-hydrogen) atoms. The van der Waals surface area contributed by atoms with Crippen LogP contribution in [0.1, 0.15) is 19.8 Å². The smallest absolute Gasteiger partial charge is 0.0610 e. The normalized spacial score (nSPS) is 15.7. The van der Waals surface area contributed by atoms with Gasteiger partial charge in [0, 0.05) is 5.03 Å². The van der Waals surface area contributed by atoms with Crippen molar-refractivity contribution in [3.8, 4) is 0 Å². The Balaban J connectivity index is 3.52. The van der Waals surface area contributed by atoms with Crippen molar-refractivity contribution < 1.29 is 5.11 Å². The highest BCUT2D eigenvalue weighted by Crippen LogP contribution is 2.05. The second-order valence-electron chi connectivity index (χ2n) is 2.34. The van der Waals surface area contributed by atoms with Gasteiger partial charge in [0.2, 0.25) is 0 Å². The summed E-state index contributed by atoms with van der Waals surface area (Å²) in [5.41, 5.74) is 5.10. The fourth-order valence-corrected chi connectivity index (χ4v) is 0.719. The molecule has 0 aliphatic heterocycles. The molecule has 0 unspecified atom stereocenters. The van der Waals surface area contributed by atoms with Crippen molar-refractivity contribution in [2.75, 3.05) is 0 Å². The van der Waals surface area contributed by atoms with Crippen molar-refractivity contribution in [2.24, 2.45) is 5.73 Å². The number of aliphatic hydroxyl groups is 1. The zero-order valence-electron chi connectivity index (χ0n) is 6.63. The minimum atomic E-state index is -0.372.